The molecule has 0 aromatic heterocycles. The zero-order valence-electron chi connectivity index (χ0n) is 6.86. The highest BCUT2D eigenvalue weighted by molar-refractivity contribution is 7.86. The van der Waals surface area contributed by atoms with Crippen LogP contribution in [-0.2, 0) is 14.3 Å². The molecular weight excluding hydrogens is 182 g/mol. The van der Waals surface area contributed by atoms with Crippen molar-refractivity contribution in [3.63, 3.8) is 0 Å². The number of hydrogen-bond donors (Lipinski definition) is 2. The van der Waals surface area contributed by atoms with Gasteiger partial charge in [0.1, 0.15) is 0 Å². The highest BCUT2D eigenvalue weighted by Gasteiger charge is 2.26. The largest absolute Gasteiger partial charge is 0.395 e. The van der Waals surface area contributed by atoms with Gasteiger partial charge in [-0.15, -0.1) is 0 Å². The van der Waals surface area contributed by atoms with Gasteiger partial charge < -0.3 is 10.4 Å². The van der Waals surface area contributed by atoms with Gasteiger partial charge in [-0.05, 0) is 6.42 Å². The maximum atomic E-state index is 10.7. The van der Waals surface area contributed by atoms with Crippen molar-refractivity contribution in [3.05, 3.63) is 0 Å². The predicted molar refractivity (Wildman–Crippen MR) is 43.2 cm³/mol. The molecule has 5 nitrogen and oxygen atoms in total. The number of nitrogens with one attached hydrogen (secondary N) is 1. The van der Waals surface area contributed by atoms with Gasteiger partial charge in [-0.3, -0.25) is 4.18 Å². The van der Waals surface area contributed by atoms with Crippen molar-refractivity contribution in [2.45, 2.75) is 18.6 Å². The first-order valence-corrected chi connectivity index (χ1v) is 5.55. The SMILES string of the molecule is CS(=O)(=O)OC1CNC(CO)C1. The van der Waals surface area contributed by atoms with Crippen molar-refractivity contribution >= 4 is 10.1 Å². The summed E-state index contributed by atoms with van der Waals surface area (Å²) in [6.07, 6.45) is 1.25. The van der Waals surface area contributed by atoms with Crippen molar-refractivity contribution in [1.29, 1.82) is 0 Å². The predicted octanol–water partition coefficient (Wildman–Crippen LogP) is -1.31. The van der Waals surface area contributed by atoms with Crippen molar-refractivity contribution in [2.24, 2.45) is 0 Å². The molecule has 1 aliphatic heterocycles. The summed E-state index contributed by atoms with van der Waals surface area (Å²) in [5.41, 5.74) is 0. The summed E-state index contributed by atoms with van der Waals surface area (Å²) >= 11 is 0. The molecule has 0 aromatic carbocycles. The van der Waals surface area contributed by atoms with Crippen molar-refractivity contribution in [3.8, 4) is 0 Å². The molecule has 0 spiro atoms. The molecule has 0 aromatic rings. The lowest BCUT2D eigenvalue weighted by molar-refractivity contribution is 0.213. The van der Waals surface area contributed by atoms with E-state index < -0.39 is 10.1 Å². The summed E-state index contributed by atoms with van der Waals surface area (Å²) < 4.78 is 26.1. The van der Waals surface area contributed by atoms with E-state index in [-0.39, 0.29) is 18.8 Å². The van der Waals surface area contributed by atoms with Crippen LogP contribution < -0.4 is 5.32 Å². The second-order valence-corrected chi connectivity index (χ2v) is 4.55. The minimum atomic E-state index is -3.36. The third-order valence-corrected chi connectivity index (χ3v) is 2.33. The molecule has 1 aliphatic rings. The van der Waals surface area contributed by atoms with E-state index in [0.29, 0.717) is 13.0 Å². The summed E-state index contributed by atoms with van der Waals surface area (Å²) in [6.45, 7) is 0.502. The number of hydrogen-bond acceptors (Lipinski definition) is 5. The van der Waals surface area contributed by atoms with E-state index in [1.165, 1.54) is 0 Å². The van der Waals surface area contributed by atoms with Gasteiger partial charge >= 0.3 is 0 Å². The summed E-state index contributed by atoms with van der Waals surface area (Å²) in [5.74, 6) is 0. The molecule has 0 saturated carbocycles. The Bertz CT molecular complexity index is 238. The number of rotatable bonds is 3. The minimum absolute atomic E-state index is 0.0175. The van der Waals surface area contributed by atoms with E-state index in [0.717, 1.165) is 6.26 Å². The van der Waals surface area contributed by atoms with E-state index >= 15 is 0 Å². The summed E-state index contributed by atoms with van der Waals surface area (Å²) in [4.78, 5) is 0. The van der Waals surface area contributed by atoms with Crippen molar-refractivity contribution in [1.82, 2.24) is 5.32 Å². The molecular formula is C6H13NO4S. The van der Waals surface area contributed by atoms with Crippen LogP contribution in [0.3, 0.4) is 0 Å². The Labute approximate surface area is 71.9 Å². The first kappa shape index (κ1) is 9.91. The Morgan fingerprint density at radius 2 is 2.33 bits per heavy atom. The van der Waals surface area contributed by atoms with E-state index in [2.05, 4.69) is 5.32 Å². The molecule has 72 valence electrons. The molecule has 12 heavy (non-hydrogen) atoms. The average molecular weight is 195 g/mol. The molecule has 0 amide bonds. The molecule has 2 N–H and O–H groups in total. The Balaban J connectivity index is 2.38. The number of aliphatic hydroxyl groups is 1. The van der Waals surface area contributed by atoms with Crippen molar-refractivity contribution in [2.75, 3.05) is 19.4 Å². The van der Waals surface area contributed by atoms with Gasteiger partial charge in [0.25, 0.3) is 10.1 Å². The highest BCUT2D eigenvalue weighted by Crippen LogP contribution is 2.11. The molecule has 1 rings (SSSR count). The Morgan fingerprint density at radius 3 is 2.75 bits per heavy atom. The monoisotopic (exact) mass is 195 g/mol. The zero-order valence-corrected chi connectivity index (χ0v) is 7.67. The van der Waals surface area contributed by atoms with Crippen LogP contribution in [-0.4, -0.2) is 45.1 Å². The molecule has 1 fully saturated rings. The first-order valence-electron chi connectivity index (χ1n) is 3.74. The number of aliphatic hydroxyl groups excluding tert-OH is 1. The van der Waals surface area contributed by atoms with Crippen molar-refractivity contribution < 1.29 is 17.7 Å². The normalized spacial score (nSPS) is 30.8. The summed E-state index contributed by atoms with van der Waals surface area (Å²) in [7, 11) is -3.36. The molecule has 2 unspecified atom stereocenters. The van der Waals surface area contributed by atoms with Gasteiger partial charge in [0.15, 0.2) is 0 Å². The van der Waals surface area contributed by atoms with Crippen LogP contribution in [0.2, 0.25) is 0 Å². The second kappa shape index (κ2) is 3.69. The van der Waals surface area contributed by atoms with Gasteiger partial charge in [0.2, 0.25) is 0 Å². The lowest BCUT2D eigenvalue weighted by Gasteiger charge is -2.07. The van der Waals surface area contributed by atoms with Gasteiger partial charge in [0, 0.05) is 12.6 Å². The molecule has 1 saturated heterocycles. The highest BCUT2D eigenvalue weighted by atomic mass is 32.2. The third kappa shape index (κ3) is 3.06. The van der Waals surface area contributed by atoms with Crippen LogP contribution in [0, 0.1) is 0 Å². The molecule has 6 heteroatoms. The topological polar surface area (TPSA) is 75.6 Å². The summed E-state index contributed by atoms with van der Waals surface area (Å²) in [5, 5.41) is 11.7. The first-order chi connectivity index (χ1) is 5.51. The van der Waals surface area contributed by atoms with Crippen LogP contribution in [0.15, 0.2) is 0 Å². The lowest BCUT2D eigenvalue weighted by Crippen LogP contribution is -2.25. The zero-order chi connectivity index (χ0) is 9.19. The fourth-order valence-electron chi connectivity index (χ4n) is 1.24. The molecule has 2 atom stereocenters. The van der Waals surface area contributed by atoms with Gasteiger partial charge in [-0.25, -0.2) is 0 Å². The van der Waals surface area contributed by atoms with E-state index in [1.54, 1.807) is 0 Å². The Morgan fingerprint density at radius 1 is 1.67 bits per heavy atom. The average Bonchev–Trinajstić information content (AvgIpc) is 2.32. The van der Waals surface area contributed by atoms with Crippen LogP contribution in [0.1, 0.15) is 6.42 Å². The third-order valence-electron chi connectivity index (χ3n) is 1.71. The van der Waals surface area contributed by atoms with Crippen LogP contribution in [0.5, 0.6) is 0 Å². The lowest BCUT2D eigenvalue weighted by atomic mass is 10.2. The van der Waals surface area contributed by atoms with Gasteiger partial charge in [0.05, 0.1) is 19.0 Å². The van der Waals surface area contributed by atoms with E-state index in [9.17, 15) is 8.42 Å². The molecule has 0 radical (unpaired) electrons. The van der Waals surface area contributed by atoms with E-state index in [4.69, 9.17) is 9.29 Å². The quantitative estimate of drug-likeness (QED) is 0.547. The summed E-state index contributed by atoms with van der Waals surface area (Å²) in [6, 6.07) is -0.0308. The fourth-order valence-corrected chi connectivity index (χ4v) is 1.88. The molecule has 1 heterocycles. The van der Waals surface area contributed by atoms with E-state index in [1.807, 2.05) is 0 Å². The van der Waals surface area contributed by atoms with Crippen LogP contribution >= 0.6 is 0 Å². The second-order valence-electron chi connectivity index (χ2n) is 2.95. The molecule has 0 bridgehead atoms. The van der Waals surface area contributed by atoms with Gasteiger partial charge in [-0.2, -0.15) is 8.42 Å². The molecule has 0 aliphatic carbocycles. The maximum absolute atomic E-state index is 10.7. The fraction of sp³-hybridized carbons (Fsp3) is 1.00. The van der Waals surface area contributed by atoms with Gasteiger partial charge in [-0.1, -0.05) is 0 Å². The standard InChI is InChI=1S/C6H13NO4S/c1-12(9,10)11-6-2-5(4-8)7-3-6/h5-8H,2-4H2,1H3. The Hall–Kier alpha value is -0.170. The smallest absolute Gasteiger partial charge is 0.264 e. The maximum Gasteiger partial charge on any atom is 0.264 e. The van der Waals surface area contributed by atoms with Crippen LogP contribution in [0.4, 0.5) is 0 Å². The van der Waals surface area contributed by atoms with Crippen LogP contribution in [0.25, 0.3) is 0 Å². The Kier molecular flexibility index (Phi) is 3.05. The minimum Gasteiger partial charge on any atom is -0.395 e.